The first kappa shape index (κ1) is 19.3. The molecule has 1 atom stereocenters. The van der Waals surface area contributed by atoms with Gasteiger partial charge in [0.1, 0.15) is 11.1 Å². The maximum absolute atomic E-state index is 12.4. The summed E-state index contributed by atoms with van der Waals surface area (Å²) in [5.74, 6) is -1.02. The van der Waals surface area contributed by atoms with E-state index in [9.17, 15) is 19.7 Å². The van der Waals surface area contributed by atoms with Crippen molar-refractivity contribution in [3.8, 4) is 0 Å². The van der Waals surface area contributed by atoms with Gasteiger partial charge < -0.3 is 10.6 Å². The molecule has 0 heterocycles. The first-order chi connectivity index (χ1) is 13.3. The highest BCUT2D eigenvalue weighted by atomic mass is 35.5. The van der Waals surface area contributed by atoms with Gasteiger partial charge in [0.2, 0.25) is 5.91 Å². The van der Waals surface area contributed by atoms with Gasteiger partial charge in [-0.1, -0.05) is 41.9 Å². The molecule has 0 aliphatic rings. The Labute approximate surface area is 165 Å². The van der Waals surface area contributed by atoms with Gasteiger partial charge in [0.15, 0.2) is 0 Å². The van der Waals surface area contributed by atoms with E-state index in [4.69, 9.17) is 11.6 Å². The normalized spacial score (nSPS) is 11.6. The molecule has 0 saturated carbocycles. The molecule has 0 spiro atoms. The van der Waals surface area contributed by atoms with Crippen LogP contribution >= 0.6 is 11.6 Å². The van der Waals surface area contributed by atoms with Crippen LogP contribution in [0.1, 0.15) is 17.3 Å². The zero-order chi connectivity index (χ0) is 20.3. The van der Waals surface area contributed by atoms with Crippen molar-refractivity contribution in [3.63, 3.8) is 0 Å². The number of anilines is 1. The van der Waals surface area contributed by atoms with E-state index in [0.29, 0.717) is 5.69 Å². The summed E-state index contributed by atoms with van der Waals surface area (Å²) in [4.78, 5) is 35.0. The van der Waals surface area contributed by atoms with Crippen LogP contribution in [0.25, 0.3) is 10.8 Å². The number of nitrogens with zero attached hydrogens (tertiary/aromatic N) is 1. The monoisotopic (exact) mass is 397 g/mol. The quantitative estimate of drug-likeness (QED) is 0.498. The molecule has 0 aliphatic heterocycles. The van der Waals surface area contributed by atoms with Gasteiger partial charge in [-0.05, 0) is 42.0 Å². The van der Waals surface area contributed by atoms with Crippen LogP contribution in [-0.2, 0) is 4.79 Å². The van der Waals surface area contributed by atoms with Crippen LogP contribution in [0.2, 0.25) is 5.02 Å². The molecule has 3 aromatic carbocycles. The third-order valence-electron chi connectivity index (χ3n) is 4.16. The van der Waals surface area contributed by atoms with Gasteiger partial charge in [-0.25, -0.2) is 0 Å². The molecule has 0 unspecified atom stereocenters. The maximum atomic E-state index is 12.4. The predicted molar refractivity (Wildman–Crippen MR) is 108 cm³/mol. The second-order valence-electron chi connectivity index (χ2n) is 6.17. The predicted octanol–water partition coefficient (Wildman–Crippen LogP) is 4.16. The Morgan fingerprint density at radius 3 is 2.46 bits per heavy atom. The van der Waals surface area contributed by atoms with Crippen LogP contribution in [0.15, 0.2) is 60.7 Å². The number of hydrogen-bond donors (Lipinski definition) is 2. The van der Waals surface area contributed by atoms with Gasteiger partial charge in [0.05, 0.1) is 4.92 Å². The first-order valence-electron chi connectivity index (χ1n) is 8.39. The summed E-state index contributed by atoms with van der Waals surface area (Å²) < 4.78 is 0. The van der Waals surface area contributed by atoms with Gasteiger partial charge >= 0.3 is 0 Å². The number of halogens is 1. The molecule has 3 aromatic rings. The fourth-order valence-electron chi connectivity index (χ4n) is 2.66. The highest BCUT2D eigenvalue weighted by Crippen LogP contribution is 2.25. The highest BCUT2D eigenvalue weighted by molar-refractivity contribution is 6.32. The summed E-state index contributed by atoms with van der Waals surface area (Å²) >= 11 is 5.75. The summed E-state index contributed by atoms with van der Waals surface area (Å²) in [6.45, 7) is 1.53. The molecule has 0 fully saturated rings. The number of rotatable bonds is 5. The van der Waals surface area contributed by atoms with Crippen LogP contribution in [-0.4, -0.2) is 22.8 Å². The van der Waals surface area contributed by atoms with Gasteiger partial charge in [-0.2, -0.15) is 0 Å². The van der Waals surface area contributed by atoms with Crippen LogP contribution in [0.3, 0.4) is 0 Å². The molecule has 2 N–H and O–H groups in total. The number of nitro benzene ring substituents is 1. The van der Waals surface area contributed by atoms with Crippen LogP contribution in [0.5, 0.6) is 0 Å². The lowest BCUT2D eigenvalue weighted by molar-refractivity contribution is -0.384. The van der Waals surface area contributed by atoms with Crippen molar-refractivity contribution in [3.05, 3.63) is 81.4 Å². The lowest BCUT2D eigenvalue weighted by Crippen LogP contribution is -2.41. The Kier molecular flexibility index (Phi) is 5.56. The second-order valence-corrected chi connectivity index (χ2v) is 6.58. The number of nitrogens with one attached hydrogen (secondary N) is 2. The number of nitro groups is 1. The Hall–Kier alpha value is -3.45. The van der Waals surface area contributed by atoms with E-state index < -0.39 is 22.8 Å². The summed E-state index contributed by atoms with van der Waals surface area (Å²) in [5, 5.41) is 18.2. The lowest BCUT2D eigenvalue weighted by Gasteiger charge is -2.14. The Balaban J connectivity index is 1.68. The summed E-state index contributed by atoms with van der Waals surface area (Å²) in [5.41, 5.74) is 0.274. The fraction of sp³-hybridized carbons (Fsp3) is 0.100. The van der Waals surface area contributed by atoms with Crippen LogP contribution in [0.4, 0.5) is 11.4 Å². The smallest absolute Gasteiger partial charge is 0.288 e. The van der Waals surface area contributed by atoms with E-state index in [1.165, 1.54) is 19.1 Å². The Bertz CT molecular complexity index is 1080. The molecule has 0 bridgehead atoms. The van der Waals surface area contributed by atoms with E-state index in [1.54, 1.807) is 6.07 Å². The Morgan fingerprint density at radius 2 is 1.75 bits per heavy atom. The molecule has 3 rings (SSSR count). The standard InChI is InChI=1S/C20H16ClN3O4/c1-12(22-20(26)15-7-9-17(21)18(11-15)24(27)28)19(25)23-16-8-6-13-4-2-3-5-14(13)10-16/h2-12H,1H3,(H,22,26)(H,23,25)/t12-/m0/s1. The molecular formula is C20H16ClN3O4. The van der Waals surface area contributed by atoms with Crippen molar-refractivity contribution in [2.24, 2.45) is 0 Å². The molecule has 0 aromatic heterocycles. The molecule has 8 heteroatoms. The largest absolute Gasteiger partial charge is 0.341 e. The zero-order valence-corrected chi connectivity index (χ0v) is 15.6. The number of carbonyl (C=O) groups excluding carboxylic acids is 2. The van der Waals surface area contributed by atoms with E-state index in [1.807, 2.05) is 36.4 Å². The summed E-state index contributed by atoms with van der Waals surface area (Å²) in [7, 11) is 0. The SMILES string of the molecule is C[C@H](NC(=O)c1ccc(Cl)c([N+](=O)[O-])c1)C(=O)Nc1ccc2ccccc2c1. The van der Waals surface area contributed by atoms with E-state index >= 15 is 0 Å². The van der Waals surface area contributed by atoms with Crippen molar-refractivity contribution in [1.29, 1.82) is 0 Å². The number of amides is 2. The average molecular weight is 398 g/mol. The number of hydrogen-bond acceptors (Lipinski definition) is 4. The van der Waals surface area contributed by atoms with Gasteiger partial charge in [-0.3, -0.25) is 19.7 Å². The fourth-order valence-corrected chi connectivity index (χ4v) is 2.84. The number of benzene rings is 3. The van der Waals surface area contributed by atoms with Crippen LogP contribution < -0.4 is 10.6 Å². The topological polar surface area (TPSA) is 101 Å². The zero-order valence-electron chi connectivity index (χ0n) is 14.8. The average Bonchev–Trinajstić information content (AvgIpc) is 2.67. The molecule has 2 amide bonds. The van der Waals surface area contributed by atoms with Crippen molar-refractivity contribution in [2.45, 2.75) is 13.0 Å². The van der Waals surface area contributed by atoms with Crippen LogP contribution in [0, 0.1) is 10.1 Å². The number of fused-ring (bicyclic) bond motifs is 1. The summed E-state index contributed by atoms with van der Waals surface area (Å²) in [6, 6.07) is 16.1. The Morgan fingerprint density at radius 1 is 1.04 bits per heavy atom. The van der Waals surface area contributed by atoms with Crippen molar-refractivity contribution in [2.75, 3.05) is 5.32 Å². The number of carbonyl (C=O) groups is 2. The first-order valence-corrected chi connectivity index (χ1v) is 8.77. The van der Waals surface area contributed by atoms with E-state index in [2.05, 4.69) is 10.6 Å². The van der Waals surface area contributed by atoms with Crippen molar-refractivity contribution in [1.82, 2.24) is 5.32 Å². The van der Waals surface area contributed by atoms with Gasteiger partial charge in [0.25, 0.3) is 11.6 Å². The second kappa shape index (κ2) is 8.06. The molecule has 0 saturated heterocycles. The molecule has 0 aliphatic carbocycles. The van der Waals surface area contributed by atoms with Crippen molar-refractivity contribution >= 4 is 45.6 Å². The minimum Gasteiger partial charge on any atom is -0.341 e. The third kappa shape index (κ3) is 4.27. The molecule has 28 heavy (non-hydrogen) atoms. The summed E-state index contributed by atoms with van der Waals surface area (Å²) in [6.07, 6.45) is 0. The lowest BCUT2D eigenvalue weighted by atomic mass is 10.1. The minimum absolute atomic E-state index is 0.0430. The van der Waals surface area contributed by atoms with Crippen molar-refractivity contribution < 1.29 is 14.5 Å². The minimum atomic E-state index is -0.853. The third-order valence-corrected chi connectivity index (χ3v) is 4.48. The van der Waals surface area contributed by atoms with E-state index in [0.717, 1.165) is 16.8 Å². The van der Waals surface area contributed by atoms with Gasteiger partial charge in [-0.15, -0.1) is 0 Å². The molecular weight excluding hydrogens is 382 g/mol. The molecule has 0 radical (unpaired) electrons. The molecule has 142 valence electrons. The van der Waals surface area contributed by atoms with Gasteiger partial charge in [0, 0.05) is 17.3 Å². The van der Waals surface area contributed by atoms with E-state index in [-0.39, 0.29) is 16.3 Å². The molecule has 7 nitrogen and oxygen atoms in total. The highest BCUT2D eigenvalue weighted by Gasteiger charge is 2.20. The maximum Gasteiger partial charge on any atom is 0.288 e.